The van der Waals surface area contributed by atoms with Gasteiger partial charge in [0.05, 0.1) is 5.56 Å². The molecule has 0 saturated carbocycles. The summed E-state index contributed by atoms with van der Waals surface area (Å²) < 4.78 is 5.48. The number of primary amides is 1. The van der Waals surface area contributed by atoms with Gasteiger partial charge in [0, 0.05) is 11.3 Å². The highest BCUT2D eigenvalue weighted by atomic mass is 32.1. The fraction of sp³-hybridized carbons (Fsp3) is 0.174. The van der Waals surface area contributed by atoms with Crippen LogP contribution in [0.4, 0.5) is 5.00 Å². The number of benzene rings is 2. The van der Waals surface area contributed by atoms with Gasteiger partial charge in [-0.3, -0.25) is 14.9 Å². The quantitative estimate of drug-likeness (QED) is 0.471. The first kappa shape index (κ1) is 22.5. The van der Waals surface area contributed by atoms with Crippen molar-refractivity contribution in [3.8, 4) is 5.75 Å². The number of hydrogen-bond donors (Lipinski definition) is 3. The van der Waals surface area contributed by atoms with Crippen LogP contribution in [0.1, 0.15) is 31.9 Å². The molecule has 3 rings (SSSR count). The van der Waals surface area contributed by atoms with Crippen molar-refractivity contribution in [1.82, 2.24) is 5.32 Å². The Morgan fingerprint density at radius 3 is 2.52 bits per heavy atom. The van der Waals surface area contributed by atoms with Crippen LogP contribution in [0.5, 0.6) is 5.75 Å². The Morgan fingerprint density at radius 1 is 1.10 bits per heavy atom. The lowest BCUT2D eigenvalue weighted by Gasteiger charge is -2.10. The number of thiophene rings is 1. The molecule has 0 fully saturated rings. The van der Waals surface area contributed by atoms with Gasteiger partial charge in [0.25, 0.3) is 11.8 Å². The maximum atomic E-state index is 12.2. The Morgan fingerprint density at radius 2 is 1.84 bits per heavy atom. The van der Waals surface area contributed by atoms with Gasteiger partial charge in [-0.2, -0.15) is 0 Å². The number of hydrogen-bond acceptors (Lipinski definition) is 5. The van der Waals surface area contributed by atoms with E-state index in [0.29, 0.717) is 22.7 Å². The number of aryl methyl sites for hydroxylation is 1. The minimum absolute atomic E-state index is 0.0767. The number of nitrogens with two attached hydrogens (primary N) is 1. The highest BCUT2D eigenvalue weighted by Gasteiger charge is 2.20. The first-order valence-corrected chi connectivity index (χ1v) is 10.8. The summed E-state index contributed by atoms with van der Waals surface area (Å²) in [6.07, 6.45) is 0.669. The minimum Gasteiger partial charge on any atom is -0.484 e. The van der Waals surface area contributed by atoms with Crippen LogP contribution in [-0.4, -0.2) is 23.5 Å². The third kappa shape index (κ3) is 6.13. The number of nitrogens with one attached hydrogen (secondary N) is 2. The molecule has 2 aromatic carbocycles. The zero-order chi connectivity index (χ0) is 22.4. The predicted octanol–water partition coefficient (Wildman–Crippen LogP) is 3.95. The number of rotatable bonds is 7. The van der Waals surface area contributed by atoms with Gasteiger partial charge in [-0.1, -0.05) is 42.5 Å². The molecule has 0 atom stereocenters. The maximum Gasteiger partial charge on any atom is 0.264 e. The van der Waals surface area contributed by atoms with E-state index in [9.17, 15) is 9.59 Å². The van der Waals surface area contributed by atoms with Crippen LogP contribution >= 0.6 is 23.6 Å². The molecule has 31 heavy (non-hydrogen) atoms. The molecule has 3 aromatic rings. The second kappa shape index (κ2) is 10.2. The van der Waals surface area contributed by atoms with Crippen LogP contribution in [0.25, 0.3) is 0 Å². The maximum absolute atomic E-state index is 12.2. The van der Waals surface area contributed by atoms with Crippen LogP contribution in [0.2, 0.25) is 0 Å². The van der Waals surface area contributed by atoms with Gasteiger partial charge in [-0.05, 0) is 54.9 Å². The third-order valence-electron chi connectivity index (χ3n) is 4.54. The van der Waals surface area contributed by atoms with Crippen LogP contribution < -0.4 is 21.1 Å². The van der Waals surface area contributed by atoms with E-state index in [4.69, 9.17) is 22.7 Å². The summed E-state index contributed by atoms with van der Waals surface area (Å²) in [5, 5.41) is 6.10. The molecule has 0 spiro atoms. The Hall–Kier alpha value is -3.23. The fourth-order valence-electron chi connectivity index (χ4n) is 3.05. The average Bonchev–Trinajstić information content (AvgIpc) is 3.02. The molecule has 0 aliphatic heterocycles. The standard InChI is InChI=1S/C23H23N3O3S2/c1-14-7-6-10-17(11-14)29-13-19(27)25-23(30)26-22-20(21(24)28)15(2)18(31-22)12-16-8-4-3-5-9-16/h3-11H,12-13H2,1-2H3,(H2,24,28)(H2,25,26,27,30). The van der Waals surface area contributed by atoms with Gasteiger partial charge >= 0.3 is 0 Å². The molecular weight excluding hydrogens is 430 g/mol. The monoisotopic (exact) mass is 453 g/mol. The molecule has 0 bridgehead atoms. The van der Waals surface area contributed by atoms with Crippen LogP contribution in [0, 0.1) is 13.8 Å². The predicted molar refractivity (Wildman–Crippen MR) is 128 cm³/mol. The smallest absolute Gasteiger partial charge is 0.264 e. The van der Waals surface area contributed by atoms with Crippen molar-refractivity contribution in [2.45, 2.75) is 20.3 Å². The summed E-state index contributed by atoms with van der Waals surface area (Å²) in [4.78, 5) is 25.2. The number of ether oxygens (including phenoxy) is 1. The number of amides is 2. The molecule has 160 valence electrons. The van der Waals surface area contributed by atoms with Crippen molar-refractivity contribution >= 4 is 45.5 Å². The topological polar surface area (TPSA) is 93.4 Å². The molecule has 1 aromatic heterocycles. The van der Waals surface area contributed by atoms with Gasteiger partial charge in [0.15, 0.2) is 11.7 Å². The molecule has 6 nitrogen and oxygen atoms in total. The van der Waals surface area contributed by atoms with Gasteiger partial charge in [-0.25, -0.2) is 0 Å². The Bertz CT molecular complexity index is 1110. The minimum atomic E-state index is -0.549. The van der Waals surface area contributed by atoms with Gasteiger partial charge in [-0.15, -0.1) is 11.3 Å². The first-order valence-electron chi connectivity index (χ1n) is 9.59. The van der Waals surface area contributed by atoms with Crippen molar-refractivity contribution in [1.29, 1.82) is 0 Å². The number of carbonyl (C=O) groups excluding carboxylic acids is 2. The molecular formula is C23H23N3O3S2. The summed E-state index contributed by atoms with van der Waals surface area (Å²) in [5.74, 6) is -0.352. The van der Waals surface area contributed by atoms with Gasteiger partial charge in [0.2, 0.25) is 0 Å². The van der Waals surface area contributed by atoms with E-state index in [0.717, 1.165) is 21.6 Å². The molecule has 8 heteroatoms. The van der Waals surface area contributed by atoms with Crippen LogP contribution in [0.15, 0.2) is 54.6 Å². The fourth-order valence-corrected chi connectivity index (χ4v) is 4.58. The van der Waals surface area contributed by atoms with Gasteiger partial charge < -0.3 is 15.8 Å². The Kier molecular flexibility index (Phi) is 7.38. The zero-order valence-corrected chi connectivity index (χ0v) is 18.9. The van der Waals surface area contributed by atoms with E-state index in [-0.39, 0.29) is 11.7 Å². The second-order valence-electron chi connectivity index (χ2n) is 6.99. The van der Waals surface area contributed by atoms with Gasteiger partial charge in [0.1, 0.15) is 10.8 Å². The van der Waals surface area contributed by atoms with Crippen molar-refractivity contribution in [3.05, 3.63) is 81.7 Å². The lowest BCUT2D eigenvalue weighted by molar-refractivity contribution is -0.121. The Labute approximate surface area is 190 Å². The summed E-state index contributed by atoms with van der Waals surface area (Å²) >= 11 is 6.64. The molecule has 0 saturated heterocycles. The van der Waals surface area contributed by atoms with Crippen LogP contribution in [0.3, 0.4) is 0 Å². The molecule has 0 aliphatic rings. The number of carbonyl (C=O) groups is 2. The Balaban J connectivity index is 1.65. The molecule has 2 amide bonds. The molecule has 0 radical (unpaired) electrons. The summed E-state index contributed by atoms with van der Waals surface area (Å²) in [6, 6.07) is 17.3. The van der Waals surface area contributed by atoms with Crippen molar-refractivity contribution in [2.24, 2.45) is 5.73 Å². The first-order chi connectivity index (χ1) is 14.8. The van der Waals surface area contributed by atoms with E-state index >= 15 is 0 Å². The van der Waals surface area contributed by atoms with E-state index < -0.39 is 11.8 Å². The molecule has 4 N–H and O–H groups in total. The normalized spacial score (nSPS) is 10.4. The highest BCUT2D eigenvalue weighted by Crippen LogP contribution is 2.34. The SMILES string of the molecule is Cc1cccc(OCC(=O)NC(=S)Nc2sc(Cc3ccccc3)c(C)c2C(N)=O)c1. The second-order valence-corrected chi connectivity index (χ2v) is 8.50. The third-order valence-corrected chi connectivity index (χ3v) is 5.95. The molecule has 0 aliphatic carbocycles. The van der Waals surface area contributed by atoms with Crippen molar-refractivity contribution in [2.75, 3.05) is 11.9 Å². The number of anilines is 1. The summed E-state index contributed by atoms with van der Waals surface area (Å²) in [6.45, 7) is 3.62. The van der Waals surface area contributed by atoms with E-state index in [1.807, 2.05) is 62.4 Å². The van der Waals surface area contributed by atoms with Crippen LogP contribution in [-0.2, 0) is 11.2 Å². The van der Waals surface area contributed by atoms with Crippen molar-refractivity contribution < 1.29 is 14.3 Å². The molecule has 0 unspecified atom stereocenters. The summed E-state index contributed by atoms with van der Waals surface area (Å²) in [7, 11) is 0. The van der Waals surface area contributed by atoms with Crippen molar-refractivity contribution in [3.63, 3.8) is 0 Å². The van der Waals surface area contributed by atoms with E-state index in [1.54, 1.807) is 6.07 Å². The number of thiocarbonyl (C=S) groups is 1. The molecule has 1 heterocycles. The summed E-state index contributed by atoms with van der Waals surface area (Å²) in [5.41, 5.74) is 8.94. The highest BCUT2D eigenvalue weighted by molar-refractivity contribution is 7.80. The van der Waals surface area contributed by atoms with E-state index in [1.165, 1.54) is 11.3 Å². The largest absolute Gasteiger partial charge is 0.484 e. The lowest BCUT2D eigenvalue weighted by Crippen LogP contribution is -2.37. The lowest BCUT2D eigenvalue weighted by atomic mass is 10.1. The zero-order valence-electron chi connectivity index (χ0n) is 17.2. The average molecular weight is 454 g/mol. The van der Waals surface area contributed by atoms with E-state index in [2.05, 4.69) is 10.6 Å².